The molecule has 0 aliphatic rings. The average molecular weight is 335 g/mol. The van der Waals surface area contributed by atoms with E-state index in [2.05, 4.69) is 15.9 Å². The van der Waals surface area contributed by atoms with Crippen molar-refractivity contribution in [3.05, 3.63) is 33.9 Å². The zero-order valence-electron chi connectivity index (χ0n) is 10.4. The van der Waals surface area contributed by atoms with Gasteiger partial charge in [-0.15, -0.1) is 0 Å². The van der Waals surface area contributed by atoms with Gasteiger partial charge in [-0.3, -0.25) is 0 Å². The van der Waals surface area contributed by atoms with Crippen molar-refractivity contribution in [3.8, 4) is 0 Å². The van der Waals surface area contributed by atoms with Gasteiger partial charge in [-0.05, 0) is 43.1 Å². The summed E-state index contributed by atoms with van der Waals surface area (Å²) < 4.78 is 41.6. The number of alkyl halides is 3. The van der Waals surface area contributed by atoms with Crippen LogP contribution >= 0.6 is 15.9 Å². The van der Waals surface area contributed by atoms with Crippen molar-refractivity contribution < 1.29 is 13.2 Å². The number of benzene rings is 1. The van der Waals surface area contributed by atoms with Gasteiger partial charge in [0.1, 0.15) is 5.69 Å². The van der Waals surface area contributed by atoms with Gasteiger partial charge in [0.25, 0.3) is 0 Å². The maximum atomic E-state index is 13.2. The quantitative estimate of drug-likeness (QED) is 0.908. The van der Waals surface area contributed by atoms with E-state index in [-0.39, 0.29) is 0 Å². The smallest absolute Gasteiger partial charge is 0.340 e. The minimum Gasteiger partial charge on any atom is -0.340 e. The second kappa shape index (κ2) is 5.17. The van der Waals surface area contributed by atoms with E-state index >= 15 is 0 Å². The summed E-state index contributed by atoms with van der Waals surface area (Å²) in [5.74, 6) is 0. The van der Waals surface area contributed by atoms with Crippen LogP contribution in [0, 0.1) is 0 Å². The lowest BCUT2D eigenvalue weighted by Crippen LogP contribution is -2.14. The molecule has 2 rings (SSSR count). The third-order valence-corrected chi connectivity index (χ3v) is 3.66. The molecule has 0 aliphatic carbocycles. The normalized spacial score (nSPS) is 12.3. The van der Waals surface area contributed by atoms with Gasteiger partial charge >= 0.3 is 6.18 Å². The number of hydrogen-bond acceptors (Lipinski definition) is 1. The van der Waals surface area contributed by atoms with Crippen LogP contribution in [0.4, 0.5) is 13.2 Å². The molecule has 0 saturated heterocycles. The first-order valence-electron chi connectivity index (χ1n) is 5.90. The third kappa shape index (κ3) is 2.65. The molecule has 19 heavy (non-hydrogen) atoms. The molecule has 0 saturated carbocycles. The molecule has 2 aromatic rings. The molecule has 0 radical (unpaired) electrons. The summed E-state index contributed by atoms with van der Waals surface area (Å²) >= 11 is 3.30. The van der Waals surface area contributed by atoms with Crippen molar-refractivity contribution in [1.82, 2.24) is 4.57 Å². The second-order valence-electron chi connectivity index (χ2n) is 4.44. The highest BCUT2D eigenvalue weighted by Gasteiger charge is 2.37. The minimum atomic E-state index is -4.36. The standard InChI is InChI=1S/C13H14BrF3N2/c1-19-11-5-4-8(14)7-10(11)9(3-2-6-18)12(19)13(15,16)17/h4-5,7H,2-3,6,18H2,1H3. The Balaban J connectivity index is 2.74. The summed E-state index contributed by atoms with van der Waals surface area (Å²) in [5, 5.41) is 0.637. The molecule has 1 heterocycles. The van der Waals surface area contributed by atoms with Gasteiger partial charge in [0, 0.05) is 22.4 Å². The van der Waals surface area contributed by atoms with Gasteiger partial charge in [0.05, 0.1) is 0 Å². The van der Waals surface area contributed by atoms with E-state index in [1.165, 1.54) is 11.6 Å². The van der Waals surface area contributed by atoms with Crippen LogP contribution in [0.15, 0.2) is 22.7 Å². The van der Waals surface area contributed by atoms with E-state index in [9.17, 15) is 13.2 Å². The molecule has 1 aromatic carbocycles. The molecule has 0 bridgehead atoms. The summed E-state index contributed by atoms with van der Waals surface area (Å²) in [5.41, 5.74) is 5.76. The molecular weight excluding hydrogens is 321 g/mol. The lowest BCUT2D eigenvalue weighted by Gasteiger charge is -2.11. The van der Waals surface area contributed by atoms with Crippen molar-refractivity contribution in [2.45, 2.75) is 19.0 Å². The molecule has 2 N–H and O–H groups in total. The second-order valence-corrected chi connectivity index (χ2v) is 5.35. The van der Waals surface area contributed by atoms with Crippen molar-refractivity contribution in [1.29, 1.82) is 0 Å². The summed E-state index contributed by atoms with van der Waals surface area (Å²) in [4.78, 5) is 0. The predicted octanol–water partition coefficient (Wildman–Crippen LogP) is 3.85. The van der Waals surface area contributed by atoms with Crippen LogP contribution in [0.1, 0.15) is 17.7 Å². The SMILES string of the molecule is Cn1c(C(F)(F)F)c(CCCN)c2cc(Br)ccc21. The van der Waals surface area contributed by atoms with Gasteiger partial charge in [-0.1, -0.05) is 15.9 Å². The molecule has 2 nitrogen and oxygen atoms in total. The Morgan fingerprint density at radius 2 is 2.00 bits per heavy atom. The Hall–Kier alpha value is -1.01. The molecule has 1 aromatic heterocycles. The van der Waals surface area contributed by atoms with E-state index < -0.39 is 11.9 Å². The molecule has 104 valence electrons. The van der Waals surface area contributed by atoms with Gasteiger partial charge in [-0.25, -0.2) is 0 Å². The minimum absolute atomic E-state index is 0.330. The zero-order valence-corrected chi connectivity index (χ0v) is 12.0. The molecule has 6 heteroatoms. The van der Waals surface area contributed by atoms with Gasteiger partial charge in [-0.2, -0.15) is 13.2 Å². The van der Waals surface area contributed by atoms with Crippen LogP contribution in [-0.2, 0) is 19.6 Å². The fourth-order valence-corrected chi connectivity index (χ4v) is 2.75. The van der Waals surface area contributed by atoms with Crippen LogP contribution < -0.4 is 5.73 Å². The topological polar surface area (TPSA) is 30.9 Å². The molecule has 0 aliphatic heterocycles. The van der Waals surface area contributed by atoms with Crippen LogP contribution in [0.3, 0.4) is 0 Å². The molecule has 0 spiro atoms. The number of halogens is 4. The van der Waals surface area contributed by atoms with Gasteiger partial charge in [0.2, 0.25) is 0 Å². The summed E-state index contributed by atoms with van der Waals surface area (Å²) in [6, 6.07) is 5.17. The highest BCUT2D eigenvalue weighted by Crippen LogP contribution is 2.38. The van der Waals surface area contributed by atoms with E-state index in [0.29, 0.717) is 35.9 Å². The Morgan fingerprint density at radius 3 is 2.58 bits per heavy atom. The largest absolute Gasteiger partial charge is 0.431 e. The molecule has 0 fully saturated rings. The van der Waals surface area contributed by atoms with Crippen LogP contribution in [0.25, 0.3) is 10.9 Å². The predicted molar refractivity (Wildman–Crippen MR) is 73.0 cm³/mol. The maximum Gasteiger partial charge on any atom is 0.431 e. The van der Waals surface area contributed by atoms with E-state index in [1.54, 1.807) is 18.2 Å². The lowest BCUT2D eigenvalue weighted by atomic mass is 10.1. The van der Waals surface area contributed by atoms with Gasteiger partial charge in [0.15, 0.2) is 0 Å². The number of fused-ring (bicyclic) bond motifs is 1. The molecular formula is C13H14BrF3N2. The number of rotatable bonds is 3. The molecule has 0 atom stereocenters. The first-order valence-corrected chi connectivity index (χ1v) is 6.69. The van der Waals surface area contributed by atoms with Crippen LogP contribution in [0.2, 0.25) is 0 Å². The van der Waals surface area contributed by atoms with Crippen molar-refractivity contribution in [2.24, 2.45) is 12.8 Å². The maximum absolute atomic E-state index is 13.2. The van der Waals surface area contributed by atoms with Crippen LogP contribution in [0.5, 0.6) is 0 Å². The lowest BCUT2D eigenvalue weighted by molar-refractivity contribution is -0.143. The highest BCUT2D eigenvalue weighted by atomic mass is 79.9. The highest BCUT2D eigenvalue weighted by molar-refractivity contribution is 9.10. The van der Waals surface area contributed by atoms with Crippen LogP contribution in [-0.4, -0.2) is 11.1 Å². The Kier molecular flexibility index (Phi) is 3.92. The monoisotopic (exact) mass is 334 g/mol. The Morgan fingerprint density at radius 1 is 1.32 bits per heavy atom. The van der Waals surface area contributed by atoms with Gasteiger partial charge < -0.3 is 10.3 Å². The summed E-state index contributed by atoms with van der Waals surface area (Å²) in [6.07, 6.45) is -3.49. The van der Waals surface area contributed by atoms with E-state index in [4.69, 9.17) is 5.73 Å². The molecule has 0 amide bonds. The fraction of sp³-hybridized carbons (Fsp3) is 0.385. The number of nitrogens with two attached hydrogens (primary N) is 1. The number of nitrogens with zero attached hydrogens (tertiary/aromatic N) is 1. The van der Waals surface area contributed by atoms with E-state index in [0.717, 1.165) is 4.47 Å². The summed E-state index contributed by atoms with van der Waals surface area (Å²) in [7, 11) is 1.45. The Bertz CT molecular complexity index is 602. The summed E-state index contributed by atoms with van der Waals surface area (Å²) in [6.45, 7) is 0.377. The van der Waals surface area contributed by atoms with Crippen molar-refractivity contribution in [2.75, 3.05) is 6.54 Å². The zero-order chi connectivity index (χ0) is 14.2. The first-order chi connectivity index (χ1) is 8.86. The number of hydrogen-bond donors (Lipinski definition) is 1. The average Bonchev–Trinajstić information content (AvgIpc) is 2.58. The third-order valence-electron chi connectivity index (χ3n) is 3.17. The van der Waals surface area contributed by atoms with Crippen molar-refractivity contribution in [3.63, 3.8) is 0 Å². The van der Waals surface area contributed by atoms with E-state index in [1.807, 2.05) is 0 Å². The fourth-order valence-electron chi connectivity index (χ4n) is 2.39. The Labute approximate surface area is 117 Å². The number of aromatic nitrogens is 1. The first kappa shape index (κ1) is 14.4. The molecule has 0 unspecified atom stereocenters. The van der Waals surface area contributed by atoms with Crippen molar-refractivity contribution >= 4 is 26.8 Å². The number of aryl methyl sites for hydroxylation is 2.